The summed E-state index contributed by atoms with van der Waals surface area (Å²) in [6.45, 7) is 0. The molecule has 2 unspecified atom stereocenters. The van der Waals surface area contributed by atoms with Crippen molar-refractivity contribution in [3.05, 3.63) is 18.0 Å². The van der Waals surface area contributed by atoms with Crippen molar-refractivity contribution in [2.45, 2.75) is 19.3 Å². The minimum absolute atomic E-state index is 0.240. The van der Waals surface area contributed by atoms with Crippen molar-refractivity contribution in [3.63, 3.8) is 0 Å². The number of sulfone groups is 1. The minimum Gasteiger partial charge on any atom is -0.276 e. The van der Waals surface area contributed by atoms with Crippen molar-refractivity contribution in [1.82, 2.24) is 9.78 Å². The molecule has 2 heterocycles. The molecule has 0 N–H and O–H groups in total. The fourth-order valence-electron chi connectivity index (χ4n) is 2.59. The van der Waals surface area contributed by atoms with Gasteiger partial charge in [-0.2, -0.15) is 5.10 Å². The van der Waals surface area contributed by atoms with Crippen LogP contribution in [-0.2, 0) is 23.3 Å². The van der Waals surface area contributed by atoms with E-state index >= 15 is 0 Å². The van der Waals surface area contributed by atoms with Crippen LogP contribution in [-0.4, -0.2) is 35.6 Å². The molecule has 1 aliphatic heterocycles. The highest BCUT2D eigenvalue weighted by molar-refractivity contribution is 7.91. The van der Waals surface area contributed by atoms with E-state index in [1.807, 2.05) is 19.4 Å². The Morgan fingerprint density at radius 2 is 2.39 bits per heavy atom. The van der Waals surface area contributed by atoms with Gasteiger partial charge < -0.3 is 0 Å². The maximum atomic E-state index is 11.5. The summed E-state index contributed by atoms with van der Waals surface area (Å²) in [6.07, 6.45) is 6.48. The lowest BCUT2D eigenvalue weighted by Gasteiger charge is -2.19. The average molecular weight is 291 g/mol. The second kappa shape index (κ2) is 5.61. The maximum Gasteiger partial charge on any atom is 0.150 e. The first-order valence-electron chi connectivity index (χ1n) is 6.24. The van der Waals surface area contributed by atoms with Gasteiger partial charge in [0.15, 0.2) is 9.84 Å². The molecular formula is C12H19ClN2O2S. The van der Waals surface area contributed by atoms with E-state index < -0.39 is 9.84 Å². The fourth-order valence-corrected chi connectivity index (χ4v) is 4.91. The predicted octanol–water partition coefficient (Wildman–Crippen LogP) is 1.64. The van der Waals surface area contributed by atoms with E-state index in [1.54, 1.807) is 4.68 Å². The van der Waals surface area contributed by atoms with Crippen LogP contribution in [0.15, 0.2) is 12.4 Å². The van der Waals surface area contributed by atoms with Crippen molar-refractivity contribution >= 4 is 21.4 Å². The van der Waals surface area contributed by atoms with Crippen LogP contribution >= 0.6 is 11.6 Å². The highest BCUT2D eigenvalue weighted by Crippen LogP contribution is 2.30. The number of aryl methyl sites for hydroxylation is 2. The van der Waals surface area contributed by atoms with Gasteiger partial charge in [0.1, 0.15) is 0 Å². The Morgan fingerprint density at radius 1 is 1.61 bits per heavy atom. The lowest BCUT2D eigenvalue weighted by molar-refractivity contribution is 0.376. The number of nitrogens with zero attached hydrogens (tertiary/aromatic N) is 2. The third-order valence-corrected chi connectivity index (χ3v) is 5.88. The van der Waals surface area contributed by atoms with Crippen molar-refractivity contribution in [1.29, 1.82) is 0 Å². The SMILES string of the molecule is Cn1cc(CCC(CCl)C2CCS(=O)(=O)C2)cn1. The normalized spacial score (nSPS) is 24.2. The third kappa shape index (κ3) is 3.48. The summed E-state index contributed by atoms with van der Waals surface area (Å²) in [4.78, 5) is 0. The Balaban J connectivity index is 1.90. The van der Waals surface area contributed by atoms with Gasteiger partial charge in [0.25, 0.3) is 0 Å². The molecule has 4 nitrogen and oxygen atoms in total. The molecule has 0 spiro atoms. The lowest BCUT2D eigenvalue weighted by atomic mass is 9.88. The summed E-state index contributed by atoms with van der Waals surface area (Å²) >= 11 is 6.00. The van der Waals surface area contributed by atoms with Gasteiger partial charge in [0, 0.05) is 19.1 Å². The summed E-state index contributed by atoms with van der Waals surface area (Å²) in [7, 11) is -0.910. The number of halogens is 1. The minimum atomic E-state index is -2.80. The van der Waals surface area contributed by atoms with E-state index in [2.05, 4.69) is 5.10 Å². The van der Waals surface area contributed by atoms with Crippen LogP contribution in [0.1, 0.15) is 18.4 Å². The van der Waals surface area contributed by atoms with E-state index in [-0.39, 0.29) is 5.92 Å². The summed E-state index contributed by atoms with van der Waals surface area (Å²) in [5.41, 5.74) is 1.19. The Morgan fingerprint density at radius 3 is 2.89 bits per heavy atom. The lowest BCUT2D eigenvalue weighted by Crippen LogP contribution is -2.18. The molecule has 1 aromatic rings. The third-order valence-electron chi connectivity index (χ3n) is 3.69. The van der Waals surface area contributed by atoms with Crippen LogP contribution in [0.4, 0.5) is 0 Å². The van der Waals surface area contributed by atoms with Gasteiger partial charge in [-0.1, -0.05) is 0 Å². The first kappa shape index (κ1) is 13.9. The Bertz CT molecular complexity index is 498. The molecule has 2 rings (SSSR count). The molecular weight excluding hydrogens is 272 g/mol. The van der Waals surface area contributed by atoms with Gasteiger partial charge in [0.2, 0.25) is 0 Å². The topological polar surface area (TPSA) is 52.0 Å². The molecule has 0 aliphatic carbocycles. The first-order valence-corrected chi connectivity index (χ1v) is 8.59. The van der Waals surface area contributed by atoms with E-state index in [9.17, 15) is 8.42 Å². The molecule has 2 atom stereocenters. The van der Waals surface area contributed by atoms with Crippen molar-refractivity contribution in [2.75, 3.05) is 17.4 Å². The molecule has 1 fully saturated rings. The van der Waals surface area contributed by atoms with Gasteiger partial charge in [-0.25, -0.2) is 8.42 Å². The second-order valence-electron chi connectivity index (χ2n) is 5.14. The van der Waals surface area contributed by atoms with E-state index in [0.29, 0.717) is 23.3 Å². The number of aromatic nitrogens is 2. The highest BCUT2D eigenvalue weighted by Gasteiger charge is 2.32. The van der Waals surface area contributed by atoms with Crippen LogP contribution in [0.2, 0.25) is 0 Å². The number of hydrogen-bond donors (Lipinski definition) is 0. The zero-order valence-corrected chi connectivity index (χ0v) is 12.1. The largest absolute Gasteiger partial charge is 0.276 e. The summed E-state index contributed by atoms with van der Waals surface area (Å²) in [5, 5.41) is 4.13. The number of rotatable bonds is 5. The molecule has 0 bridgehead atoms. The zero-order chi connectivity index (χ0) is 13.2. The van der Waals surface area contributed by atoms with E-state index in [0.717, 1.165) is 19.3 Å². The van der Waals surface area contributed by atoms with Gasteiger partial charge in [0.05, 0.1) is 17.7 Å². The summed E-state index contributed by atoms with van der Waals surface area (Å²) in [5.74, 6) is 1.73. The highest BCUT2D eigenvalue weighted by atomic mass is 35.5. The molecule has 0 saturated carbocycles. The van der Waals surface area contributed by atoms with Crippen LogP contribution in [0.25, 0.3) is 0 Å². The van der Waals surface area contributed by atoms with Gasteiger partial charge in [-0.05, 0) is 36.7 Å². The summed E-state index contributed by atoms with van der Waals surface area (Å²) in [6, 6.07) is 0. The number of hydrogen-bond acceptors (Lipinski definition) is 3. The second-order valence-corrected chi connectivity index (χ2v) is 7.68. The standard InChI is InChI=1S/C12H19ClN2O2S/c1-15-8-10(7-14-15)2-3-11(6-13)12-4-5-18(16,17)9-12/h7-8,11-12H,2-6,9H2,1H3. The Labute approximate surface area is 113 Å². The Hall–Kier alpha value is -0.550. The molecule has 0 amide bonds. The van der Waals surface area contributed by atoms with Gasteiger partial charge >= 0.3 is 0 Å². The quantitative estimate of drug-likeness (QED) is 0.775. The molecule has 18 heavy (non-hydrogen) atoms. The fraction of sp³-hybridized carbons (Fsp3) is 0.750. The monoisotopic (exact) mass is 290 g/mol. The van der Waals surface area contributed by atoms with Crippen molar-refractivity contribution in [3.8, 4) is 0 Å². The molecule has 0 radical (unpaired) electrons. The average Bonchev–Trinajstić information content (AvgIpc) is 2.86. The van der Waals surface area contributed by atoms with E-state index in [1.165, 1.54) is 5.56 Å². The molecule has 0 aromatic carbocycles. The van der Waals surface area contributed by atoms with Crippen molar-refractivity contribution < 1.29 is 8.42 Å². The first-order chi connectivity index (χ1) is 8.50. The number of alkyl halides is 1. The van der Waals surface area contributed by atoms with Crippen LogP contribution < -0.4 is 0 Å². The van der Waals surface area contributed by atoms with Gasteiger partial charge in [-0.15, -0.1) is 11.6 Å². The molecule has 1 aromatic heterocycles. The van der Waals surface area contributed by atoms with Crippen LogP contribution in [0.3, 0.4) is 0 Å². The van der Waals surface area contributed by atoms with Crippen molar-refractivity contribution in [2.24, 2.45) is 18.9 Å². The van der Waals surface area contributed by atoms with Crippen LogP contribution in [0.5, 0.6) is 0 Å². The molecule has 102 valence electrons. The smallest absolute Gasteiger partial charge is 0.150 e. The van der Waals surface area contributed by atoms with E-state index in [4.69, 9.17) is 11.6 Å². The van der Waals surface area contributed by atoms with Crippen LogP contribution in [0, 0.1) is 11.8 Å². The van der Waals surface area contributed by atoms with Gasteiger partial charge in [-0.3, -0.25) is 4.68 Å². The molecule has 1 aliphatic rings. The summed E-state index contributed by atoms with van der Waals surface area (Å²) < 4.78 is 24.7. The Kier molecular flexibility index (Phi) is 4.33. The molecule has 1 saturated heterocycles. The predicted molar refractivity (Wildman–Crippen MR) is 72.5 cm³/mol. The maximum absolute atomic E-state index is 11.5. The zero-order valence-electron chi connectivity index (χ0n) is 10.5. The molecule has 6 heteroatoms.